The number of pyridine rings is 1. The third-order valence-electron chi connectivity index (χ3n) is 6.05. The molecule has 6 heteroatoms. The van der Waals surface area contributed by atoms with Gasteiger partial charge in [-0.2, -0.15) is 0 Å². The summed E-state index contributed by atoms with van der Waals surface area (Å²) in [5.41, 5.74) is 8.10. The third kappa shape index (κ3) is 4.75. The lowest BCUT2D eigenvalue weighted by molar-refractivity contribution is 0.0697. The molecule has 0 aliphatic carbocycles. The van der Waals surface area contributed by atoms with E-state index >= 15 is 0 Å². The molecule has 1 aliphatic heterocycles. The van der Waals surface area contributed by atoms with Crippen molar-refractivity contribution in [2.45, 2.75) is 39.2 Å². The zero-order chi connectivity index (χ0) is 22.7. The van der Waals surface area contributed by atoms with Gasteiger partial charge in [-0.05, 0) is 72.3 Å². The van der Waals surface area contributed by atoms with Gasteiger partial charge in [-0.15, -0.1) is 0 Å². The van der Waals surface area contributed by atoms with Gasteiger partial charge in [0.1, 0.15) is 0 Å². The largest absolute Gasteiger partial charge is 0.478 e. The summed E-state index contributed by atoms with van der Waals surface area (Å²) in [5.74, 6) is -0.442. The fourth-order valence-corrected chi connectivity index (χ4v) is 4.19. The van der Waals surface area contributed by atoms with Crippen LogP contribution in [-0.4, -0.2) is 29.1 Å². The van der Waals surface area contributed by atoms with Crippen LogP contribution in [0.2, 0.25) is 0 Å². The molecule has 0 radical (unpaired) electrons. The highest BCUT2D eigenvalue weighted by Crippen LogP contribution is 2.30. The Morgan fingerprint density at radius 3 is 2.78 bits per heavy atom. The maximum absolute atomic E-state index is 11.4. The Labute approximate surface area is 189 Å². The van der Waals surface area contributed by atoms with Crippen LogP contribution in [0.1, 0.15) is 58.4 Å². The molecule has 4 rings (SSSR count). The summed E-state index contributed by atoms with van der Waals surface area (Å²) in [7, 11) is 0. The van der Waals surface area contributed by atoms with E-state index in [0.29, 0.717) is 18.2 Å². The molecule has 2 aromatic carbocycles. The lowest BCUT2D eigenvalue weighted by atomic mass is 9.93. The normalized spacial score (nSPS) is 15.3. The van der Waals surface area contributed by atoms with E-state index in [-0.39, 0.29) is 11.6 Å². The maximum atomic E-state index is 11.4. The molecular weight excluding hydrogens is 400 g/mol. The van der Waals surface area contributed by atoms with E-state index in [1.54, 1.807) is 6.20 Å². The monoisotopic (exact) mass is 430 g/mol. The molecule has 1 aromatic heterocycles. The Hall–Kier alpha value is -3.38. The molecule has 0 saturated heterocycles. The topological polar surface area (TPSA) is 86.3 Å². The fraction of sp³-hybridized carbons (Fsp3) is 0.308. The van der Waals surface area contributed by atoms with Gasteiger partial charge in [0, 0.05) is 30.2 Å². The van der Waals surface area contributed by atoms with Crippen molar-refractivity contribution in [3.05, 3.63) is 82.7 Å². The molecule has 0 bridgehead atoms. The number of carboxylic acids is 1. The molecule has 0 unspecified atom stereocenters. The van der Waals surface area contributed by atoms with Crippen molar-refractivity contribution in [1.29, 1.82) is 0 Å². The van der Waals surface area contributed by atoms with Crippen molar-refractivity contribution in [2.75, 3.05) is 23.7 Å². The van der Waals surface area contributed by atoms with Crippen LogP contribution in [0.5, 0.6) is 0 Å². The van der Waals surface area contributed by atoms with Gasteiger partial charge in [0.05, 0.1) is 17.4 Å². The molecule has 1 atom stereocenters. The average molecular weight is 431 g/mol. The standard InChI is InChI=1S/C26H30N4O2/c1-16(2)18-4-7-23(17(3)12-18)30-20-5-6-21-19(13-20)8-11-28-25(21)15-29-24-14-27-10-9-22(24)26(31)32/h4-7,9-10,12-14,16,25,28-30H,8,11,15H2,1-3H3,(H,31,32)/t25-/m0/s1. The van der Waals surface area contributed by atoms with Crippen molar-refractivity contribution in [2.24, 2.45) is 0 Å². The molecular formula is C26H30N4O2. The highest BCUT2D eigenvalue weighted by atomic mass is 16.4. The van der Waals surface area contributed by atoms with E-state index in [4.69, 9.17) is 0 Å². The van der Waals surface area contributed by atoms with Crippen LogP contribution in [0, 0.1) is 6.92 Å². The van der Waals surface area contributed by atoms with Crippen LogP contribution < -0.4 is 16.0 Å². The van der Waals surface area contributed by atoms with Gasteiger partial charge in [0.25, 0.3) is 0 Å². The van der Waals surface area contributed by atoms with Gasteiger partial charge >= 0.3 is 5.97 Å². The number of nitrogens with zero attached hydrogens (tertiary/aromatic N) is 1. The van der Waals surface area contributed by atoms with E-state index in [1.165, 1.54) is 34.5 Å². The maximum Gasteiger partial charge on any atom is 0.337 e. The van der Waals surface area contributed by atoms with E-state index in [9.17, 15) is 9.90 Å². The van der Waals surface area contributed by atoms with Gasteiger partial charge in [0.2, 0.25) is 0 Å². The molecule has 32 heavy (non-hydrogen) atoms. The minimum absolute atomic E-state index is 0.0988. The van der Waals surface area contributed by atoms with E-state index in [1.807, 2.05) is 0 Å². The number of hydrogen-bond donors (Lipinski definition) is 4. The van der Waals surface area contributed by atoms with Crippen LogP contribution in [0.3, 0.4) is 0 Å². The highest BCUT2D eigenvalue weighted by molar-refractivity contribution is 5.93. The summed E-state index contributed by atoms with van der Waals surface area (Å²) >= 11 is 0. The summed E-state index contributed by atoms with van der Waals surface area (Å²) < 4.78 is 0. The van der Waals surface area contributed by atoms with Crippen molar-refractivity contribution in [3.8, 4) is 0 Å². The van der Waals surface area contributed by atoms with Crippen LogP contribution in [0.15, 0.2) is 54.9 Å². The van der Waals surface area contributed by atoms with Crippen molar-refractivity contribution in [1.82, 2.24) is 10.3 Å². The number of aromatic nitrogens is 1. The lowest BCUT2D eigenvalue weighted by Gasteiger charge is -2.28. The summed E-state index contributed by atoms with van der Waals surface area (Å²) in [6.07, 6.45) is 4.02. The number of fused-ring (bicyclic) bond motifs is 1. The Morgan fingerprint density at radius 2 is 2.03 bits per heavy atom. The number of nitrogens with one attached hydrogen (secondary N) is 3. The van der Waals surface area contributed by atoms with Crippen molar-refractivity contribution >= 4 is 23.0 Å². The second-order valence-electron chi connectivity index (χ2n) is 8.63. The van der Waals surface area contributed by atoms with Crippen molar-refractivity contribution in [3.63, 3.8) is 0 Å². The molecule has 3 aromatic rings. The van der Waals surface area contributed by atoms with Crippen LogP contribution in [0.4, 0.5) is 17.1 Å². The predicted molar refractivity (Wildman–Crippen MR) is 129 cm³/mol. The number of aromatic carboxylic acids is 1. The summed E-state index contributed by atoms with van der Waals surface area (Å²) in [6.45, 7) is 8.02. The first-order valence-electron chi connectivity index (χ1n) is 11.1. The Bertz CT molecular complexity index is 1130. The quantitative estimate of drug-likeness (QED) is 0.409. The van der Waals surface area contributed by atoms with Crippen LogP contribution in [-0.2, 0) is 6.42 Å². The predicted octanol–water partition coefficient (Wildman–Crippen LogP) is 5.25. The first-order chi connectivity index (χ1) is 15.4. The number of carbonyl (C=O) groups is 1. The van der Waals surface area contributed by atoms with Crippen LogP contribution in [0.25, 0.3) is 0 Å². The molecule has 1 aliphatic rings. The number of rotatable bonds is 7. The highest BCUT2D eigenvalue weighted by Gasteiger charge is 2.21. The second-order valence-corrected chi connectivity index (χ2v) is 8.63. The molecule has 4 N–H and O–H groups in total. The van der Waals surface area contributed by atoms with E-state index in [2.05, 4.69) is 78.1 Å². The zero-order valence-electron chi connectivity index (χ0n) is 18.8. The van der Waals surface area contributed by atoms with E-state index < -0.39 is 5.97 Å². The first-order valence-corrected chi connectivity index (χ1v) is 11.1. The third-order valence-corrected chi connectivity index (χ3v) is 6.05. The SMILES string of the molecule is Cc1cc(C(C)C)ccc1Nc1ccc2c(c1)CCN[C@H]2CNc1cnccc1C(=O)O. The number of hydrogen-bond acceptors (Lipinski definition) is 5. The molecule has 0 saturated carbocycles. The Balaban J connectivity index is 1.49. The van der Waals surface area contributed by atoms with Gasteiger partial charge in [-0.3, -0.25) is 4.98 Å². The molecule has 0 amide bonds. The first kappa shape index (κ1) is 21.8. The number of benzene rings is 2. The van der Waals surface area contributed by atoms with E-state index in [0.717, 1.165) is 24.3 Å². The average Bonchev–Trinajstić information content (AvgIpc) is 2.78. The molecule has 0 spiro atoms. The Morgan fingerprint density at radius 1 is 1.19 bits per heavy atom. The number of carboxylic acid groups (broad SMARTS) is 1. The molecule has 6 nitrogen and oxygen atoms in total. The zero-order valence-corrected chi connectivity index (χ0v) is 18.8. The lowest BCUT2D eigenvalue weighted by Crippen LogP contribution is -2.34. The minimum atomic E-state index is -0.959. The second kappa shape index (κ2) is 9.40. The van der Waals surface area contributed by atoms with Crippen LogP contribution >= 0.6 is 0 Å². The van der Waals surface area contributed by atoms with Gasteiger partial charge < -0.3 is 21.1 Å². The van der Waals surface area contributed by atoms with Gasteiger partial charge in [0.15, 0.2) is 0 Å². The molecule has 166 valence electrons. The fourth-order valence-electron chi connectivity index (χ4n) is 4.19. The minimum Gasteiger partial charge on any atom is -0.478 e. The summed E-state index contributed by atoms with van der Waals surface area (Å²) in [6, 6.07) is 14.7. The summed E-state index contributed by atoms with van der Waals surface area (Å²) in [5, 5.41) is 19.8. The summed E-state index contributed by atoms with van der Waals surface area (Å²) in [4.78, 5) is 15.5. The number of aryl methyl sites for hydroxylation is 1. The molecule has 2 heterocycles. The number of anilines is 3. The Kier molecular flexibility index (Phi) is 6.42. The molecule has 0 fully saturated rings. The van der Waals surface area contributed by atoms with Gasteiger partial charge in [-0.25, -0.2) is 4.79 Å². The van der Waals surface area contributed by atoms with Gasteiger partial charge in [-0.1, -0.05) is 32.0 Å². The smallest absolute Gasteiger partial charge is 0.337 e. The van der Waals surface area contributed by atoms with Crippen molar-refractivity contribution < 1.29 is 9.90 Å².